The fourth-order valence-electron chi connectivity index (χ4n) is 3.85. The van der Waals surface area contributed by atoms with Crippen LogP contribution in [0.1, 0.15) is 23.2 Å². The van der Waals surface area contributed by atoms with Crippen LogP contribution in [0.15, 0.2) is 46.3 Å². The molecule has 0 spiro atoms. The summed E-state index contributed by atoms with van der Waals surface area (Å²) in [6.45, 7) is 1.76. The van der Waals surface area contributed by atoms with E-state index in [0.717, 1.165) is 17.5 Å². The van der Waals surface area contributed by atoms with Crippen LogP contribution in [0.2, 0.25) is 10.0 Å². The highest BCUT2D eigenvalue weighted by molar-refractivity contribution is 7.89. The number of methoxy groups -OCH3 is 1. The molecule has 8 nitrogen and oxygen atoms in total. The number of likely N-dealkylation sites (N-methyl/N-ethyl adjacent to an activating group) is 1. The Labute approximate surface area is 217 Å². The van der Waals surface area contributed by atoms with E-state index >= 15 is 0 Å². The van der Waals surface area contributed by atoms with Gasteiger partial charge in [0.2, 0.25) is 10.0 Å². The van der Waals surface area contributed by atoms with Gasteiger partial charge in [-0.15, -0.1) is 0 Å². The van der Waals surface area contributed by atoms with Crippen molar-refractivity contribution in [2.24, 2.45) is 4.99 Å². The van der Waals surface area contributed by atoms with Crippen LogP contribution in [0, 0.1) is 0 Å². The summed E-state index contributed by atoms with van der Waals surface area (Å²) in [5, 5.41) is 0.786. The summed E-state index contributed by atoms with van der Waals surface area (Å²) in [6, 6.07) is 9.30. The van der Waals surface area contributed by atoms with Crippen molar-refractivity contribution in [2.45, 2.75) is 30.4 Å². The Bertz CT molecular complexity index is 1400. The number of carbonyl (C=O) groups is 1. The summed E-state index contributed by atoms with van der Waals surface area (Å²) < 4.78 is 40.5. The molecule has 1 aliphatic rings. The number of rotatable bonds is 8. The van der Waals surface area contributed by atoms with Gasteiger partial charge in [0.25, 0.3) is 5.91 Å². The van der Waals surface area contributed by atoms with E-state index in [2.05, 4.69) is 4.99 Å². The third-order valence-electron chi connectivity index (χ3n) is 5.74. The predicted molar refractivity (Wildman–Crippen MR) is 137 cm³/mol. The first-order valence-electron chi connectivity index (χ1n) is 11.0. The number of carbonyl (C=O) groups excluding carboxylic acids is 1. The number of ether oxygens (including phenoxy) is 2. The van der Waals surface area contributed by atoms with E-state index in [1.807, 2.05) is 6.07 Å². The Morgan fingerprint density at radius 1 is 1.26 bits per heavy atom. The molecule has 2 heterocycles. The number of hydrogen-bond acceptors (Lipinski definition) is 6. The van der Waals surface area contributed by atoms with Gasteiger partial charge < -0.3 is 14.0 Å². The molecule has 1 aliphatic heterocycles. The Balaban J connectivity index is 1.61. The summed E-state index contributed by atoms with van der Waals surface area (Å²) in [6.07, 6.45) is 1.68. The van der Waals surface area contributed by atoms with Crippen LogP contribution in [0.5, 0.6) is 0 Å². The first-order valence-corrected chi connectivity index (χ1v) is 14.0. The summed E-state index contributed by atoms with van der Waals surface area (Å²) >= 11 is 13.9. The zero-order valence-electron chi connectivity index (χ0n) is 19.2. The summed E-state index contributed by atoms with van der Waals surface area (Å²) in [5.41, 5.74) is 0.953. The molecule has 1 saturated heterocycles. The van der Waals surface area contributed by atoms with Crippen LogP contribution in [-0.4, -0.2) is 63.2 Å². The van der Waals surface area contributed by atoms with Gasteiger partial charge in [-0.25, -0.2) is 8.42 Å². The second kappa shape index (κ2) is 11.1. The van der Waals surface area contributed by atoms with Gasteiger partial charge in [-0.3, -0.25) is 4.79 Å². The van der Waals surface area contributed by atoms with Crippen molar-refractivity contribution in [3.63, 3.8) is 0 Å². The average Bonchev–Trinajstić information content (AvgIpc) is 3.48. The smallest absolute Gasteiger partial charge is 0.279 e. The first kappa shape index (κ1) is 26.3. The van der Waals surface area contributed by atoms with Crippen molar-refractivity contribution >= 4 is 60.7 Å². The topological polar surface area (TPSA) is 90.2 Å². The lowest BCUT2D eigenvalue weighted by atomic mass is 10.2. The first-order chi connectivity index (χ1) is 16.7. The molecule has 1 unspecified atom stereocenters. The lowest BCUT2D eigenvalue weighted by molar-refractivity contribution is 0.0979. The highest BCUT2D eigenvalue weighted by atomic mass is 35.5. The molecule has 0 radical (unpaired) electrons. The Kier molecular flexibility index (Phi) is 8.32. The molecule has 188 valence electrons. The van der Waals surface area contributed by atoms with Gasteiger partial charge in [0, 0.05) is 39.4 Å². The van der Waals surface area contributed by atoms with Gasteiger partial charge in [-0.2, -0.15) is 9.30 Å². The normalized spacial score (nSPS) is 17.1. The number of sulfonamides is 1. The molecule has 1 atom stereocenters. The average molecular weight is 559 g/mol. The number of fused-ring (bicyclic) bond motifs is 1. The van der Waals surface area contributed by atoms with Crippen LogP contribution in [0.3, 0.4) is 0 Å². The van der Waals surface area contributed by atoms with Crippen molar-refractivity contribution in [1.82, 2.24) is 8.87 Å². The standard InChI is InChI=1S/C23H25Cl2N3O5S2/c1-27(14-16-4-3-12-33-16)35(30,31)17-7-5-15(6-8-17)22(29)26-23-28(11-13-32-2)21-19(34-23)10-9-18(24)20(21)25/h5-10,16H,3-4,11-14H2,1-2H3. The lowest BCUT2D eigenvalue weighted by Crippen LogP contribution is -2.34. The third kappa shape index (κ3) is 5.64. The van der Waals surface area contributed by atoms with Crippen molar-refractivity contribution in [3.05, 3.63) is 56.8 Å². The molecule has 2 aromatic carbocycles. The minimum Gasteiger partial charge on any atom is -0.383 e. The molecule has 0 N–H and O–H groups in total. The van der Waals surface area contributed by atoms with Crippen molar-refractivity contribution < 1.29 is 22.7 Å². The lowest BCUT2D eigenvalue weighted by Gasteiger charge is -2.20. The number of benzene rings is 2. The van der Waals surface area contributed by atoms with Gasteiger partial charge in [0.1, 0.15) is 0 Å². The van der Waals surface area contributed by atoms with Gasteiger partial charge in [0.15, 0.2) is 4.80 Å². The monoisotopic (exact) mass is 557 g/mol. The SMILES string of the molecule is COCCn1c(=NC(=O)c2ccc(S(=O)(=O)N(C)CC3CCCO3)cc2)sc2ccc(Cl)c(Cl)c21. The molecule has 1 amide bonds. The number of aromatic nitrogens is 1. The van der Waals surface area contributed by atoms with Gasteiger partial charge in [-0.1, -0.05) is 34.5 Å². The second-order valence-electron chi connectivity index (χ2n) is 8.10. The molecule has 35 heavy (non-hydrogen) atoms. The van der Waals surface area contributed by atoms with Crippen molar-refractivity contribution in [2.75, 3.05) is 33.9 Å². The maximum absolute atomic E-state index is 13.0. The van der Waals surface area contributed by atoms with Crippen LogP contribution in [0.4, 0.5) is 0 Å². The van der Waals surface area contributed by atoms with Crippen molar-refractivity contribution in [3.8, 4) is 0 Å². The number of nitrogens with zero attached hydrogens (tertiary/aromatic N) is 3. The number of halogens is 2. The molecule has 0 aliphatic carbocycles. The van der Waals surface area contributed by atoms with Crippen LogP contribution < -0.4 is 4.80 Å². The zero-order valence-corrected chi connectivity index (χ0v) is 22.4. The minimum atomic E-state index is -3.70. The number of amides is 1. The van der Waals surface area contributed by atoms with Crippen LogP contribution >= 0.6 is 34.5 Å². The number of thiazole rings is 1. The van der Waals surface area contributed by atoms with Gasteiger partial charge >= 0.3 is 0 Å². The maximum atomic E-state index is 13.0. The zero-order chi connectivity index (χ0) is 25.2. The van der Waals surface area contributed by atoms with Crippen LogP contribution in [0.25, 0.3) is 10.2 Å². The molecule has 12 heteroatoms. The van der Waals surface area contributed by atoms with E-state index < -0.39 is 15.9 Å². The molecule has 0 bridgehead atoms. The summed E-state index contributed by atoms with van der Waals surface area (Å²) in [7, 11) is -0.589. The van der Waals surface area contributed by atoms with E-state index in [1.165, 1.54) is 47.0 Å². The molecule has 1 aromatic heterocycles. The quantitative estimate of drug-likeness (QED) is 0.414. The maximum Gasteiger partial charge on any atom is 0.279 e. The molecule has 3 aromatic rings. The third-order valence-corrected chi connectivity index (χ3v) is 9.42. The van der Waals surface area contributed by atoms with E-state index in [1.54, 1.807) is 17.7 Å². The molecular weight excluding hydrogens is 533 g/mol. The van der Waals surface area contributed by atoms with Crippen LogP contribution in [-0.2, 0) is 26.0 Å². The van der Waals surface area contributed by atoms with Gasteiger partial charge in [0.05, 0.1) is 37.9 Å². The highest BCUT2D eigenvalue weighted by Crippen LogP contribution is 2.32. The molecular formula is C23H25Cl2N3O5S2. The Hall–Kier alpha value is -1.79. The van der Waals surface area contributed by atoms with E-state index in [9.17, 15) is 13.2 Å². The van der Waals surface area contributed by atoms with E-state index in [4.69, 9.17) is 32.7 Å². The minimum absolute atomic E-state index is 0.0936. The largest absolute Gasteiger partial charge is 0.383 e. The molecule has 4 rings (SSSR count). The second-order valence-corrected chi connectivity index (χ2v) is 11.9. The fourth-order valence-corrected chi connectivity index (χ4v) is 6.59. The molecule has 0 saturated carbocycles. The number of hydrogen-bond donors (Lipinski definition) is 0. The highest BCUT2D eigenvalue weighted by Gasteiger charge is 2.26. The Morgan fingerprint density at radius 2 is 2.00 bits per heavy atom. The molecule has 1 fully saturated rings. The van der Waals surface area contributed by atoms with E-state index in [0.29, 0.717) is 46.7 Å². The van der Waals surface area contributed by atoms with Gasteiger partial charge in [-0.05, 0) is 49.2 Å². The summed E-state index contributed by atoms with van der Waals surface area (Å²) in [4.78, 5) is 17.8. The summed E-state index contributed by atoms with van der Waals surface area (Å²) in [5.74, 6) is -0.499. The van der Waals surface area contributed by atoms with E-state index in [-0.39, 0.29) is 16.6 Å². The predicted octanol–water partition coefficient (Wildman–Crippen LogP) is 4.20. The Morgan fingerprint density at radius 3 is 2.66 bits per heavy atom. The fraction of sp³-hybridized carbons (Fsp3) is 0.391. The van der Waals surface area contributed by atoms with Crippen molar-refractivity contribution in [1.29, 1.82) is 0 Å².